The van der Waals surface area contributed by atoms with Crippen LogP contribution in [0.4, 0.5) is 5.82 Å². The third-order valence-electron chi connectivity index (χ3n) is 5.09. The highest BCUT2D eigenvalue weighted by Crippen LogP contribution is 2.38. The van der Waals surface area contributed by atoms with Crippen molar-refractivity contribution in [3.8, 4) is 28.8 Å². The number of rotatable bonds is 7. The lowest BCUT2D eigenvalue weighted by molar-refractivity contribution is 0.409. The molecule has 35 heavy (non-hydrogen) atoms. The van der Waals surface area contributed by atoms with Crippen LogP contribution in [0.5, 0.6) is 17.2 Å². The Bertz CT molecular complexity index is 1430. The van der Waals surface area contributed by atoms with Gasteiger partial charge in [-0.05, 0) is 47.4 Å². The fourth-order valence-corrected chi connectivity index (χ4v) is 4.41. The number of benzene rings is 2. The molecule has 182 valence electrons. The van der Waals surface area contributed by atoms with E-state index in [1.807, 2.05) is 0 Å². The second-order valence-electron chi connectivity index (χ2n) is 8.65. The van der Waals surface area contributed by atoms with Gasteiger partial charge in [-0.25, -0.2) is 18.4 Å². The first-order valence-corrected chi connectivity index (χ1v) is 12.5. The highest BCUT2D eigenvalue weighted by Gasteiger charge is 2.24. The van der Waals surface area contributed by atoms with E-state index in [9.17, 15) is 8.42 Å². The third kappa shape index (κ3) is 5.58. The Morgan fingerprint density at radius 2 is 1.69 bits per heavy atom. The number of halogens is 1. The summed E-state index contributed by atoms with van der Waals surface area (Å²) in [6.45, 7) is 6.15. The summed E-state index contributed by atoms with van der Waals surface area (Å²) in [5.41, 5.74) is 0.884. The maximum absolute atomic E-state index is 13.3. The molecule has 0 fully saturated rings. The predicted molar refractivity (Wildman–Crippen MR) is 134 cm³/mol. The molecular formula is C25H24ClN3O5S. The molecule has 0 bridgehead atoms. The quantitative estimate of drug-likeness (QED) is 0.289. The molecule has 1 N–H and O–H groups in total. The van der Waals surface area contributed by atoms with E-state index in [-0.39, 0.29) is 32.9 Å². The van der Waals surface area contributed by atoms with Crippen molar-refractivity contribution in [2.75, 3.05) is 11.8 Å². The highest BCUT2D eigenvalue weighted by molar-refractivity contribution is 7.92. The number of hydrogen-bond donors (Lipinski definition) is 1. The lowest BCUT2D eigenvalue weighted by atomic mass is 9.87. The molecule has 0 aliphatic rings. The van der Waals surface area contributed by atoms with Gasteiger partial charge in [-0.15, -0.1) is 0 Å². The molecule has 0 saturated heterocycles. The lowest BCUT2D eigenvalue weighted by Gasteiger charge is -2.19. The van der Waals surface area contributed by atoms with Gasteiger partial charge in [0.1, 0.15) is 11.5 Å². The molecule has 0 amide bonds. The van der Waals surface area contributed by atoms with Gasteiger partial charge in [0.05, 0.1) is 18.3 Å². The van der Waals surface area contributed by atoms with Crippen LogP contribution in [0.3, 0.4) is 0 Å². The zero-order valence-corrected chi connectivity index (χ0v) is 21.1. The number of anilines is 1. The molecule has 2 aromatic carbocycles. The Morgan fingerprint density at radius 3 is 2.31 bits per heavy atom. The number of hydrogen-bond acceptors (Lipinski definition) is 7. The SMILES string of the molecule is COc1cccc(Oc2c(Cl)nc(-c3ccco3)nc2NS(=O)(=O)c2ccc(C(C)(C)C)cc2)c1. The maximum atomic E-state index is 13.3. The Morgan fingerprint density at radius 1 is 0.971 bits per heavy atom. The van der Waals surface area contributed by atoms with Crippen LogP contribution in [0.25, 0.3) is 11.6 Å². The second-order valence-corrected chi connectivity index (χ2v) is 10.7. The third-order valence-corrected chi connectivity index (χ3v) is 6.70. The van der Waals surface area contributed by atoms with Crippen LogP contribution < -0.4 is 14.2 Å². The predicted octanol–water partition coefficient (Wildman–Crippen LogP) is 6.29. The lowest BCUT2D eigenvalue weighted by Crippen LogP contribution is -2.16. The molecular weight excluding hydrogens is 490 g/mol. The Kier molecular flexibility index (Phi) is 6.73. The molecule has 4 rings (SSSR count). The smallest absolute Gasteiger partial charge is 0.263 e. The van der Waals surface area contributed by atoms with E-state index in [1.54, 1.807) is 60.7 Å². The Hall–Kier alpha value is -3.56. The minimum atomic E-state index is -4.04. The molecule has 0 saturated carbocycles. The van der Waals surface area contributed by atoms with Crippen LogP contribution in [-0.4, -0.2) is 25.5 Å². The molecule has 0 atom stereocenters. The van der Waals surface area contributed by atoms with Crippen molar-refractivity contribution < 1.29 is 22.3 Å². The van der Waals surface area contributed by atoms with Gasteiger partial charge in [-0.2, -0.15) is 0 Å². The van der Waals surface area contributed by atoms with Gasteiger partial charge >= 0.3 is 0 Å². The molecule has 0 radical (unpaired) electrons. The largest absolute Gasteiger partial charge is 0.497 e. The summed E-state index contributed by atoms with van der Waals surface area (Å²) < 4.78 is 45.5. The summed E-state index contributed by atoms with van der Waals surface area (Å²) in [7, 11) is -2.51. The Balaban J connectivity index is 1.76. The van der Waals surface area contributed by atoms with Crippen molar-refractivity contribution >= 4 is 27.4 Å². The Labute approximate surface area is 209 Å². The number of nitrogens with zero attached hydrogens (tertiary/aromatic N) is 2. The summed E-state index contributed by atoms with van der Waals surface area (Å²) in [6, 6.07) is 16.7. The van der Waals surface area contributed by atoms with Gasteiger partial charge in [-0.3, -0.25) is 4.72 Å². The zero-order chi connectivity index (χ0) is 25.2. The van der Waals surface area contributed by atoms with Gasteiger partial charge in [0.2, 0.25) is 5.75 Å². The molecule has 10 heteroatoms. The van der Waals surface area contributed by atoms with E-state index < -0.39 is 10.0 Å². The van der Waals surface area contributed by atoms with Crippen molar-refractivity contribution in [2.24, 2.45) is 0 Å². The average Bonchev–Trinajstić information content (AvgIpc) is 3.36. The van der Waals surface area contributed by atoms with Crippen molar-refractivity contribution in [1.82, 2.24) is 9.97 Å². The highest BCUT2D eigenvalue weighted by atomic mass is 35.5. The molecule has 8 nitrogen and oxygen atoms in total. The van der Waals surface area contributed by atoms with Gasteiger partial charge in [0.25, 0.3) is 10.0 Å². The molecule has 0 aliphatic carbocycles. The number of methoxy groups -OCH3 is 1. The van der Waals surface area contributed by atoms with Crippen LogP contribution in [0.15, 0.2) is 76.2 Å². The van der Waals surface area contributed by atoms with Crippen molar-refractivity contribution in [3.05, 3.63) is 77.6 Å². The summed E-state index contributed by atoms with van der Waals surface area (Å²) >= 11 is 6.44. The standard InChI is InChI=1S/C25H24ClN3O5S/c1-25(2,3)16-10-12-19(13-11-16)35(30,31)29-24-21(34-18-8-5-7-17(15-18)32-4)22(26)27-23(28-24)20-9-6-14-33-20/h5-15H,1-4H3,(H,27,28,29). The average molecular weight is 514 g/mol. The molecule has 2 heterocycles. The van der Waals surface area contributed by atoms with E-state index in [0.29, 0.717) is 17.3 Å². The van der Waals surface area contributed by atoms with Crippen LogP contribution in [0.2, 0.25) is 5.15 Å². The molecule has 0 unspecified atom stereocenters. The summed E-state index contributed by atoms with van der Waals surface area (Å²) in [5, 5.41) is -0.102. The van der Waals surface area contributed by atoms with Crippen LogP contribution in [0, 0.1) is 0 Å². The zero-order valence-electron chi connectivity index (χ0n) is 19.6. The van der Waals surface area contributed by atoms with E-state index >= 15 is 0 Å². The first-order chi connectivity index (χ1) is 16.6. The number of aromatic nitrogens is 2. The van der Waals surface area contributed by atoms with Gasteiger partial charge < -0.3 is 13.9 Å². The number of furan rings is 1. The monoisotopic (exact) mass is 513 g/mol. The van der Waals surface area contributed by atoms with E-state index in [1.165, 1.54) is 13.4 Å². The second kappa shape index (κ2) is 9.59. The fourth-order valence-electron chi connectivity index (χ4n) is 3.20. The van der Waals surface area contributed by atoms with Crippen molar-refractivity contribution in [2.45, 2.75) is 31.1 Å². The number of nitrogens with one attached hydrogen (secondary N) is 1. The van der Waals surface area contributed by atoms with E-state index in [4.69, 9.17) is 25.5 Å². The molecule has 4 aromatic rings. The normalized spacial score (nSPS) is 11.8. The first-order valence-electron chi connectivity index (χ1n) is 10.6. The van der Waals surface area contributed by atoms with Crippen molar-refractivity contribution in [3.63, 3.8) is 0 Å². The summed E-state index contributed by atoms with van der Waals surface area (Å²) in [6.07, 6.45) is 1.45. The fraction of sp³-hybridized carbons (Fsp3) is 0.200. The van der Waals surface area contributed by atoms with Gasteiger partial charge in [0.15, 0.2) is 22.6 Å². The minimum Gasteiger partial charge on any atom is -0.497 e. The number of sulfonamides is 1. The van der Waals surface area contributed by atoms with Crippen LogP contribution >= 0.6 is 11.6 Å². The molecule has 2 aromatic heterocycles. The van der Waals surface area contributed by atoms with Crippen LogP contribution in [-0.2, 0) is 15.4 Å². The van der Waals surface area contributed by atoms with Crippen molar-refractivity contribution in [1.29, 1.82) is 0 Å². The summed E-state index contributed by atoms with van der Waals surface area (Å²) in [5.74, 6) is 1.11. The maximum Gasteiger partial charge on any atom is 0.263 e. The topological polar surface area (TPSA) is 104 Å². The van der Waals surface area contributed by atoms with Gasteiger partial charge in [0, 0.05) is 6.07 Å². The number of ether oxygens (including phenoxy) is 2. The van der Waals surface area contributed by atoms with E-state index in [2.05, 4.69) is 35.5 Å². The van der Waals surface area contributed by atoms with Crippen LogP contribution in [0.1, 0.15) is 26.3 Å². The van der Waals surface area contributed by atoms with Gasteiger partial charge in [-0.1, -0.05) is 50.6 Å². The molecule has 0 spiro atoms. The first kappa shape index (κ1) is 24.6. The summed E-state index contributed by atoms with van der Waals surface area (Å²) in [4.78, 5) is 8.63. The molecule has 0 aliphatic heterocycles. The van der Waals surface area contributed by atoms with E-state index in [0.717, 1.165) is 5.56 Å². The minimum absolute atomic E-state index is 0.0621.